The van der Waals surface area contributed by atoms with Gasteiger partial charge in [0.25, 0.3) is 0 Å². The molecule has 3 rings (SSSR count). The smallest absolute Gasteiger partial charge is 0.151 e. The SMILES string of the molecule is CCC1CN(c2nc3ccccn3c2CCN)CCN1C. The quantitative estimate of drug-likeness (QED) is 0.922. The summed E-state index contributed by atoms with van der Waals surface area (Å²) in [5.74, 6) is 1.12. The normalized spacial score (nSPS) is 20.3. The van der Waals surface area contributed by atoms with E-state index in [0.29, 0.717) is 12.6 Å². The summed E-state index contributed by atoms with van der Waals surface area (Å²) in [6.45, 7) is 6.09. The molecule has 21 heavy (non-hydrogen) atoms. The number of pyridine rings is 1. The number of anilines is 1. The van der Waals surface area contributed by atoms with E-state index in [1.165, 1.54) is 12.1 Å². The molecule has 0 saturated carbocycles. The van der Waals surface area contributed by atoms with Gasteiger partial charge in [-0.2, -0.15) is 0 Å². The minimum Gasteiger partial charge on any atom is -0.352 e. The highest BCUT2D eigenvalue weighted by molar-refractivity contribution is 5.56. The molecule has 2 aromatic rings. The van der Waals surface area contributed by atoms with E-state index in [1.54, 1.807) is 0 Å². The summed E-state index contributed by atoms with van der Waals surface area (Å²) in [7, 11) is 2.22. The van der Waals surface area contributed by atoms with Gasteiger partial charge in [0.1, 0.15) is 5.65 Å². The minimum absolute atomic E-state index is 0.606. The van der Waals surface area contributed by atoms with Crippen LogP contribution in [-0.4, -0.2) is 53.6 Å². The van der Waals surface area contributed by atoms with Crippen molar-refractivity contribution in [1.29, 1.82) is 0 Å². The fourth-order valence-electron chi connectivity index (χ4n) is 3.24. The van der Waals surface area contributed by atoms with Crippen LogP contribution in [0.4, 0.5) is 5.82 Å². The molecule has 1 atom stereocenters. The number of hydrogen-bond donors (Lipinski definition) is 1. The van der Waals surface area contributed by atoms with Crippen LogP contribution in [0, 0.1) is 0 Å². The standard InChI is InChI=1S/C16H25N5/c1-3-13-12-20(11-10-19(13)2)16-14(7-8-17)21-9-5-4-6-15(21)18-16/h4-6,9,13H,3,7-8,10-12,17H2,1-2H3. The molecule has 0 aromatic carbocycles. The van der Waals surface area contributed by atoms with Crippen molar-refractivity contribution >= 4 is 11.5 Å². The molecule has 5 heteroatoms. The summed E-state index contributed by atoms with van der Waals surface area (Å²) < 4.78 is 2.18. The van der Waals surface area contributed by atoms with Crippen molar-refractivity contribution in [1.82, 2.24) is 14.3 Å². The second-order valence-electron chi connectivity index (χ2n) is 5.84. The second-order valence-corrected chi connectivity index (χ2v) is 5.84. The monoisotopic (exact) mass is 287 g/mol. The number of imidazole rings is 1. The molecule has 3 heterocycles. The topological polar surface area (TPSA) is 49.8 Å². The largest absolute Gasteiger partial charge is 0.352 e. The third-order valence-corrected chi connectivity index (χ3v) is 4.54. The number of nitrogens with two attached hydrogens (primary N) is 1. The Morgan fingerprint density at radius 1 is 1.33 bits per heavy atom. The summed E-state index contributed by atoms with van der Waals surface area (Å²) >= 11 is 0. The summed E-state index contributed by atoms with van der Waals surface area (Å²) in [5.41, 5.74) is 8.08. The highest BCUT2D eigenvalue weighted by Crippen LogP contribution is 2.25. The first-order chi connectivity index (χ1) is 10.2. The summed E-state index contributed by atoms with van der Waals surface area (Å²) in [5, 5.41) is 0. The van der Waals surface area contributed by atoms with E-state index in [9.17, 15) is 0 Å². The first-order valence-corrected chi connectivity index (χ1v) is 7.85. The third kappa shape index (κ3) is 2.63. The van der Waals surface area contributed by atoms with Crippen LogP contribution in [0.1, 0.15) is 19.0 Å². The van der Waals surface area contributed by atoms with E-state index in [0.717, 1.165) is 37.5 Å². The van der Waals surface area contributed by atoms with Crippen molar-refractivity contribution in [2.75, 3.05) is 38.1 Å². The summed E-state index contributed by atoms with van der Waals surface area (Å²) in [6.07, 6.45) is 4.13. The fourth-order valence-corrected chi connectivity index (χ4v) is 3.24. The minimum atomic E-state index is 0.606. The van der Waals surface area contributed by atoms with Gasteiger partial charge in [0, 0.05) is 38.3 Å². The lowest BCUT2D eigenvalue weighted by Gasteiger charge is -2.39. The van der Waals surface area contributed by atoms with E-state index < -0.39 is 0 Å². The van der Waals surface area contributed by atoms with Crippen molar-refractivity contribution in [3.8, 4) is 0 Å². The van der Waals surface area contributed by atoms with E-state index in [1.807, 2.05) is 6.07 Å². The highest BCUT2D eigenvalue weighted by Gasteiger charge is 2.26. The van der Waals surface area contributed by atoms with Crippen LogP contribution < -0.4 is 10.6 Å². The van der Waals surface area contributed by atoms with Crippen LogP contribution in [0.5, 0.6) is 0 Å². The van der Waals surface area contributed by atoms with Gasteiger partial charge in [-0.25, -0.2) is 4.98 Å². The van der Waals surface area contributed by atoms with E-state index in [2.05, 4.69) is 46.5 Å². The number of piperazine rings is 1. The van der Waals surface area contributed by atoms with Crippen LogP contribution in [0.25, 0.3) is 5.65 Å². The number of likely N-dealkylation sites (N-methyl/N-ethyl adjacent to an activating group) is 1. The average Bonchev–Trinajstić information content (AvgIpc) is 2.87. The fraction of sp³-hybridized carbons (Fsp3) is 0.562. The molecular weight excluding hydrogens is 262 g/mol. The maximum atomic E-state index is 5.82. The van der Waals surface area contributed by atoms with Gasteiger partial charge in [-0.15, -0.1) is 0 Å². The first-order valence-electron chi connectivity index (χ1n) is 7.85. The van der Waals surface area contributed by atoms with Gasteiger partial charge in [0.05, 0.1) is 5.69 Å². The molecule has 0 aliphatic carbocycles. The Kier molecular flexibility index (Phi) is 4.12. The average molecular weight is 287 g/mol. The van der Waals surface area contributed by atoms with Crippen LogP contribution >= 0.6 is 0 Å². The predicted octanol–water partition coefficient (Wildman–Crippen LogP) is 1.37. The van der Waals surface area contributed by atoms with Crippen LogP contribution in [0.3, 0.4) is 0 Å². The van der Waals surface area contributed by atoms with Crippen molar-refractivity contribution < 1.29 is 0 Å². The molecule has 2 aromatic heterocycles. The lowest BCUT2D eigenvalue weighted by molar-refractivity contribution is 0.213. The Morgan fingerprint density at radius 2 is 2.19 bits per heavy atom. The van der Waals surface area contributed by atoms with E-state index in [-0.39, 0.29) is 0 Å². The predicted molar refractivity (Wildman–Crippen MR) is 86.9 cm³/mol. The lowest BCUT2D eigenvalue weighted by atomic mass is 10.1. The molecule has 1 aliphatic rings. The molecule has 1 aliphatic heterocycles. The van der Waals surface area contributed by atoms with Gasteiger partial charge in [0.2, 0.25) is 0 Å². The number of nitrogens with zero attached hydrogens (tertiary/aromatic N) is 4. The molecule has 5 nitrogen and oxygen atoms in total. The van der Waals surface area contributed by atoms with Crippen LogP contribution in [-0.2, 0) is 6.42 Å². The van der Waals surface area contributed by atoms with Gasteiger partial charge < -0.3 is 15.0 Å². The van der Waals surface area contributed by atoms with Crippen LogP contribution in [0.15, 0.2) is 24.4 Å². The summed E-state index contributed by atoms with van der Waals surface area (Å²) in [4.78, 5) is 9.75. The molecule has 1 saturated heterocycles. The molecule has 1 fully saturated rings. The zero-order valence-corrected chi connectivity index (χ0v) is 13.0. The molecule has 2 N–H and O–H groups in total. The van der Waals surface area contributed by atoms with Gasteiger partial charge in [-0.05, 0) is 32.1 Å². The Hall–Kier alpha value is -1.59. The van der Waals surface area contributed by atoms with Crippen LogP contribution in [0.2, 0.25) is 0 Å². The second kappa shape index (κ2) is 6.03. The number of fused-ring (bicyclic) bond motifs is 1. The Morgan fingerprint density at radius 3 is 2.95 bits per heavy atom. The molecule has 0 amide bonds. The molecule has 0 bridgehead atoms. The Balaban J connectivity index is 1.97. The van der Waals surface area contributed by atoms with Gasteiger partial charge in [0.15, 0.2) is 5.82 Å². The molecular formula is C16H25N5. The zero-order valence-electron chi connectivity index (χ0n) is 13.0. The van der Waals surface area contributed by atoms with Gasteiger partial charge in [-0.1, -0.05) is 13.0 Å². The zero-order chi connectivity index (χ0) is 14.8. The Labute approximate surface area is 126 Å². The van der Waals surface area contributed by atoms with E-state index >= 15 is 0 Å². The maximum absolute atomic E-state index is 5.82. The maximum Gasteiger partial charge on any atom is 0.151 e. The number of rotatable bonds is 4. The third-order valence-electron chi connectivity index (χ3n) is 4.54. The molecule has 114 valence electrons. The summed E-state index contributed by atoms with van der Waals surface area (Å²) in [6, 6.07) is 6.76. The number of hydrogen-bond acceptors (Lipinski definition) is 4. The molecule has 0 radical (unpaired) electrons. The lowest BCUT2D eigenvalue weighted by Crippen LogP contribution is -2.51. The van der Waals surface area contributed by atoms with Crippen molar-refractivity contribution in [3.63, 3.8) is 0 Å². The van der Waals surface area contributed by atoms with Gasteiger partial charge in [-0.3, -0.25) is 4.90 Å². The molecule has 0 spiro atoms. The Bertz CT molecular complexity index is 606. The highest BCUT2D eigenvalue weighted by atomic mass is 15.3. The van der Waals surface area contributed by atoms with Crippen molar-refractivity contribution in [3.05, 3.63) is 30.1 Å². The van der Waals surface area contributed by atoms with Crippen molar-refractivity contribution in [2.24, 2.45) is 5.73 Å². The van der Waals surface area contributed by atoms with Crippen molar-refractivity contribution in [2.45, 2.75) is 25.8 Å². The van der Waals surface area contributed by atoms with E-state index in [4.69, 9.17) is 10.7 Å². The molecule has 1 unspecified atom stereocenters. The number of aromatic nitrogens is 2. The first kappa shape index (κ1) is 14.4. The van der Waals surface area contributed by atoms with Gasteiger partial charge >= 0.3 is 0 Å².